The molecule has 8 nitrogen and oxygen atoms in total. The van der Waals surface area contributed by atoms with Gasteiger partial charge >= 0.3 is 11.9 Å². The minimum absolute atomic E-state index is 0.190. The molecule has 1 N–H and O–H groups in total. The highest BCUT2D eigenvalue weighted by Gasteiger charge is 2.28. The number of carbonyl (C=O) groups excluding carboxylic acids is 4. The van der Waals surface area contributed by atoms with Gasteiger partial charge in [-0.25, -0.2) is 0 Å². The van der Waals surface area contributed by atoms with Crippen LogP contribution in [0.25, 0.3) is 0 Å². The van der Waals surface area contributed by atoms with Gasteiger partial charge in [0.2, 0.25) is 0 Å². The molecule has 8 heteroatoms. The topological polar surface area (TPSA) is 102 Å². The molecule has 0 atom stereocenters. The Kier molecular flexibility index (Phi) is 7.79. The molecule has 0 spiro atoms. The number of nitrogens with zero attached hydrogens (tertiary/aromatic N) is 1. The van der Waals surface area contributed by atoms with Crippen molar-refractivity contribution in [2.75, 3.05) is 32.8 Å². The second-order valence-corrected chi connectivity index (χ2v) is 6.12. The minimum atomic E-state index is -0.686. The molecule has 0 unspecified atom stereocenters. The zero-order valence-corrected chi connectivity index (χ0v) is 15.3. The number of esters is 2. The number of nitrogens with one attached hydrogen (secondary N) is 1. The Hall–Kier alpha value is -2.90. The number of hydrogen-bond donors (Lipinski definition) is 1. The van der Waals surface area contributed by atoms with E-state index >= 15 is 0 Å². The predicted molar refractivity (Wildman–Crippen MR) is 95.7 cm³/mol. The van der Waals surface area contributed by atoms with Crippen LogP contribution in [0.15, 0.2) is 30.3 Å². The van der Waals surface area contributed by atoms with E-state index in [9.17, 15) is 19.2 Å². The first kappa shape index (κ1) is 20.4. The quantitative estimate of drug-likeness (QED) is 0.705. The summed E-state index contributed by atoms with van der Waals surface area (Å²) in [4.78, 5) is 48.9. The molecule has 0 bridgehead atoms. The van der Waals surface area contributed by atoms with Crippen LogP contribution < -0.4 is 5.32 Å². The van der Waals surface area contributed by atoms with Crippen molar-refractivity contribution in [1.82, 2.24) is 10.2 Å². The zero-order chi connectivity index (χ0) is 19.6. The Balaban J connectivity index is 1.66. The highest BCUT2D eigenvalue weighted by Crippen LogP contribution is 2.18. The number of benzene rings is 1. The van der Waals surface area contributed by atoms with Crippen LogP contribution in [0.4, 0.5) is 0 Å². The van der Waals surface area contributed by atoms with Crippen LogP contribution in [0.3, 0.4) is 0 Å². The predicted octanol–water partition coefficient (Wildman–Crippen LogP) is 0.761. The molecule has 2 rings (SSSR count). The zero-order valence-electron chi connectivity index (χ0n) is 15.3. The fourth-order valence-corrected chi connectivity index (χ4v) is 2.75. The van der Waals surface area contributed by atoms with Gasteiger partial charge in [-0.05, 0) is 31.9 Å². The monoisotopic (exact) mass is 376 g/mol. The van der Waals surface area contributed by atoms with Gasteiger partial charge < -0.3 is 19.7 Å². The molecule has 1 heterocycles. The van der Waals surface area contributed by atoms with E-state index in [1.165, 1.54) is 0 Å². The molecular formula is C19H24N2O6. The first-order valence-corrected chi connectivity index (χ1v) is 8.94. The van der Waals surface area contributed by atoms with Gasteiger partial charge in [-0.3, -0.25) is 19.2 Å². The summed E-state index contributed by atoms with van der Waals surface area (Å²) in [7, 11) is 0. The third kappa shape index (κ3) is 6.40. The number of piperidine rings is 1. The van der Waals surface area contributed by atoms with Crippen LogP contribution in [-0.2, 0) is 23.9 Å². The summed E-state index contributed by atoms with van der Waals surface area (Å²) < 4.78 is 9.91. The maximum atomic E-state index is 12.1. The van der Waals surface area contributed by atoms with Crippen molar-refractivity contribution >= 4 is 23.8 Å². The van der Waals surface area contributed by atoms with Crippen LogP contribution in [0, 0.1) is 5.92 Å². The van der Waals surface area contributed by atoms with Crippen molar-refractivity contribution in [2.24, 2.45) is 5.92 Å². The molecular weight excluding hydrogens is 352 g/mol. The molecule has 2 amide bonds. The molecule has 0 saturated carbocycles. The Bertz CT molecular complexity index is 668. The molecule has 0 aromatic heterocycles. The van der Waals surface area contributed by atoms with E-state index in [2.05, 4.69) is 5.32 Å². The third-order valence-electron chi connectivity index (χ3n) is 4.25. The number of rotatable bonds is 7. The molecule has 1 aromatic carbocycles. The molecule has 1 aromatic rings. The van der Waals surface area contributed by atoms with Gasteiger partial charge in [0.05, 0.1) is 12.5 Å². The third-order valence-corrected chi connectivity index (χ3v) is 4.25. The van der Waals surface area contributed by atoms with Crippen LogP contribution in [0.1, 0.15) is 30.1 Å². The molecule has 1 aliphatic rings. The maximum Gasteiger partial charge on any atom is 0.325 e. The summed E-state index contributed by atoms with van der Waals surface area (Å²) >= 11 is 0. The van der Waals surface area contributed by atoms with Crippen LogP contribution >= 0.6 is 0 Å². The smallest absolute Gasteiger partial charge is 0.325 e. The van der Waals surface area contributed by atoms with E-state index in [0.717, 1.165) is 0 Å². The van der Waals surface area contributed by atoms with Gasteiger partial charge in [0.1, 0.15) is 6.54 Å². The summed E-state index contributed by atoms with van der Waals surface area (Å²) in [6, 6.07) is 8.48. The average molecular weight is 376 g/mol. The molecule has 1 saturated heterocycles. The van der Waals surface area contributed by atoms with Crippen molar-refractivity contribution in [2.45, 2.75) is 19.8 Å². The van der Waals surface area contributed by atoms with Crippen molar-refractivity contribution in [3.05, 3.63) is 35.9 Å². The van der Waals surface area contributed by atoms with E-state index in [1.807, 2.05) is 0 Å². The van der Waals surface area contributed by atoms with Crippen molar-refractivity contribution in [1.29, 1.82) is 0 Å². The van der Waals surface area contributed by atoms with E-state index in [4.69, 9.17) is 9.47 Å². The molecule has 0 radical (unpaired) electrons. The first-order valence-electron chi connectivity index (χ1n) is 8.94. The number of carbonyl (C=O) groups is 4. The standard InChI is InChI=1S/C19H24N2O6/c1-2-26-19(25)15-8-10-21(11-9-15)16(22)13-27-17(23)12-20-18(24)14-6-4-3-5-7-14/h3-7,15H,2,8-13H2,1H3,(H,20,24). The summed E-state index contributed by atoms with van der Waals surface area (Å²) in [5.41, 5.74) is 0.436. The summed E-state index contributed by atoms with van der Waals surface area (Å²) in [5, 5.41) is 2.44. The fraction of sp³-hybridized carbons (Fsp3) is 0.474. The van der Waals surface area contributed by atoms with Crippen LogP contribution in [0.2, 0.25) is 0 Å². The van der Waals surface area contributed by atoms with Gasteiger partial charge in [-0.1, -0.05) is 18.2 Å². The summed E-state index contributed by atoms with van der Waals surface area (Å²) in [6.07, 6.45) is 1.07. The molecule has 27 heavy (non-hydrogen) atoms. The number of ether oxygens (including phenoxy) is 2. The highest BCUT2D eigenvalue weighted by molar-refractivity contribution is 5.96. The Morgan fingerprint density at radius 1 is 1.07 bits per heavy atom. The lowest BCUT2D eigenvalue weighted by atomic mass is 9.97. The van der Waals surface area contributed by atoms with Gasteiger partial charge in [0.25, 0.3) is 11.8 Å². The number of hydrogen-bond acceptors (Lipinski definition) is 6. The summed E-state index contributed by atoms with van der Waals surface area (Å²) in [5.74, 6) is -1.82. The number of likely N-dealkylation sites (tertiary alicyclic amines) is 1. The van der Waals surface area contributed by atoms with Gasteiger partial charge in [0, 0.05) is 18.7 Å². The van der Waals surface area contributed by atoms with Crippen molar-refractivity contribution in [3.63, 3.8) is 0 Å². The largest absolute Gasteiger partial charge is 0.466 e. The lowest BCUT2D eigenvalue weighted by Gasteiger charge is -2.30. The second-order valence-electron chi connectivity index (χ2n) is 6.12. The van der Waals surface area contributed by atoms with Crippen molar-refractivity contribution < 1.29 is 28.7 Å². The van der Waals surface area contributed by atoms with Gasteiger partial charge in [-0.15, -0.1) is 0 Å². The Labute approximate surface area is 157 Å². The molecule has 146 valence electrons. The van der Waals surface area contributed by atoms with Gasteiger partial charge in [0.15, 0.2) is 6.61 Å². The maximum absolute atomic E-state index is 12.1. The summed E-state index contributed by atoms with van der Waals surface area (Å²) in [6.45, 7) is 2.24. The average Bonchev–Trinajstić information content (AvgIpc) is 2.71. The van der Waals surface area contributed by atoms with E-state index in [-0.39, 0.29) is 36.9 Å². The first-order chi connectivity index (χ1) is 13.0. The highest BCUT2D eigenvalue weighted by atomic mass is 16.5. The lowest BCUT2D eigenvalue weighted by Crippen LogP contribution is -2.43. The molecule has 1 aliphatic heterocycles. The van der Waals surface area contributed by atoms with Gasteiger partial charge in [-0.2, -0.15) is 0 Å². The minimum Gasteiger partial charge on any atom is -0.466 e. The van der Waals surface area contributed by atoms with E-state index in [1.54, 1.807) is 42.2 Å². The number of amides is 2. The second kappa shape index (κ2) is 10.3. The van der Waals surface area contributed by atoms with Crippen LogP contribution in [-0.4, -0.2) is 61.5 Å². The lowest BCUT2D eigenvalue weighted by molar-refractivity contribution is -0.154. The van der Waals surface area contributed by atoms with E-state index in [0.29, 0.717) is 38.1 Å². The fourth-order valence-electron chi connectivity index (χ4n) is 2.75. The Morgan fingerprint density at radius 2 is 1.74 bits per heavy atom. The van der Waals surface area contributed by atoms with Crippen LogP contribution in [0.5, 0.6) is 0 Å². The normalized spacial score (nSPS) is 14.3. The SMILES string of the molecule is CCOC(=O)C1CCN(C(=O)COC(=O)CNC(=O)c2ccccc2)CC1. The molecule has 0 aliphatic carbocycles. The molecule has 1 fully saturated rings. The van der Waals surface area contributed by atoms with Crippen molar-refractivity contribution in [3.8, 4) is 0 Å². The Morgan fingerprint density at radius 3 is 2.37 bits per heavy atom. The van der Waals surface area contributed by atoms with E-state index < -0.39 is 5.97 Å².